The summed E-state index contributed by atoms with van der Waals surface area (Å²) in [6.07, 6.45) is 0.183. The molecular formula is C18H19FN2O2. The summed E-state index contributed by atoms with van der Waals surface area (Å²) in [5, 5.41) is 6.07. The van der Waals surface area contributed by atoms with Crippen molar-refractivity contribution < 1.29 is 13.9 Å². The largest absolute Gasteiger partial charge is 0.368 e. The normalized spacial score (nSPS) is 21.0. The van der Waals surface area contributed by atoms with Crippen molar-refractivity contribution >= 4 is 11.6 Å². The highest BCUT2D eigenvalue weighted by molar-refractivity contribution is 6.04. The average Bonchev–Trinajstić information content (AvgIpc) is 2.57. The van der Waals surface area contributed by atoms with E-state index in [0.29, 0.717) is 11.3 Å². The molecule has 2 aromatic rings. The zero-order valence-corrected chi connectivity index (χ0v) is 12.9. The number of anilines is 1. The Morgan fingerprint density at radius 2 is 1.83 bits per heavy atom. The molecule has 3 rings (SSSR count). The third-order valence-electron chi connectivity index (χ3n) is 3.80. The van der Waals surface area contributed by atoms with Crippen molar-refractivity contribution in [1.29, 1.82) is 0 Å². The Bertz CT molecular complexity index is 670. The lowest BCUT2D eigenvalue weighted by molar-refractivity contribution is -0.0287. The number of carbonyl (C=O) groups is 1. The molecule has 120 valence electrons. The SMILES string of the molecule is C[C@@H]1CNC[C@H](c2ccc(C(=O)Nc3ccc(F)cc3)cc2)O1. The molecular weight excluding hydrogens is 295 g/mol. The smallest absolute Gasteiger partial charge is 0.255 e. The summed E-state index contributed by atoms with van der Waals surface area (Å²) >= 11 is 0. The van der Waals surface area contributed by atoms with Crippen molar-refractivity contribution in [1.82, 2.24) is 5.32 Å². The van der Waals surface area contributed by atoms with Crippen LogP contribution in [0.25, 0.3) is 0 Å². The molecule has 0 aliphatic carbocycles. The summed E-state index contributed by atoms with van der Waals surface area (Å²) in [5.41, 5.74) is 2.16. The fraction of sp³-hybridized carbons (Fsp3) is 0.278. The number of nitrogens with one attached hydrogen (secondary N) is 2. The van der Waals surface area contributed by atoms with Crippen LogP contribution in [0.4, 0.5) is 10.1 Å². The van der Waals surface area contributed by atoms with Gasteiger partial charge in [0, 0.05) is 24.3 Å². The Labute approximate surface area is 134 Å². The van der Waals surface area contributed by atoms with Crippen molar-refractivity contribution in [3.05, 3.63) is 65.5 Å². The minimum atomic E-state index is -0.331. The number of morpholine rings is 1. The van der Waals surface area contributed by atoms with Crippen LogP contribution in [0.3, 0.4) is 0 Å². The molecule has 0 radical (unpaired) electrons. The molecule has 2 aromatic carbocycles. The minimum Gasteiger partial charge on any atom is -0.368 e. The van der Waals surface area contributed by atoms with E-state index >= 15 is 0 Å². The molecule has 0 saturated carbocycles. The average molecular weight is 314 g/mol. The monoisotopic (exact) mass is 314 g/mol. The summed E-state index contributed by atoms with van der Waals surface area (Å²) < 4.78 is 18.7. The molecule has 1 aliphatic rings. The van der Waals surface area contributed by atoms with Gasteiger partial charge in [-0.05, 0) is 48.9 Å². The molecule has 0 bridgehead atoms. The highest BCUT2D eigenvalue weighted by Gasteiger charge is 2.20. The van der Waals surface area contributed by atoms with Crippen LogP contribution < -0.4 is 10.6 Å². The van der Waals surface area contributed by atoms with E-state index in [0.717, 1.165) is 18.7 Å². The first-order valence-electron chi connectivity index (χ1n) is 7.65. The lowest BCUT2D eigenvalue weighted by Crippen LogP contribution is -2.38. The van der Waals surface area contributed by atoms with Crippen LogP contribution in [0, 0.1) is 5.82 Å². The van der Waals surface area contributed by atoms with Crippen molar-refractivity contribution in [2.24, 2.45) is 0 Å². The van der Waals surface area contributed by atoms with E-state index in [1.807, 2.05) is 19.1 Å². The summed E-state index contributed by atoms with van der Waals surface area (Å²) in [6.45, 7) is 3.66. The zero-order valence-electron chi connectivity index (χ0n) is 12.9. The first kappa shape index (κ1) is 15.6. The molecule has 2 N–H and O–H groups in total. The number of ether oxygens (including phenoxy) is 1. The topological polar surface area (TPSA) is 50.4 Å². The number of amides is 1. The molecule has 1 heterocycles. The number of hydrogen-bond donors (Lipinski definition) is 2. The van der Waals surface area contributed by atoms with E-state index in [9.17, 15) is 9.18 Å². The van der Waals surface area contributed by atoms with Crippen LogP contribution in [0.2, 0.25) is 0 Å². The molecule has 1 amide bonds. The zero-order chi connectivity index (χ0) is 16.2. The van der Waals surface area contributed by atoms with Crippen molar-refractivity contribution in [2.75, 3.05) is 18.4 Å². The molecule has 5 heteroatoms. The standard InChI is InChI=1S/C18H19FN2O2/c1-12-10-20-11-17(23-12)13-2-4-14(5-3-13)18(22)21-16-8-6-15(19)7-9-16/h2-9,12,17,20H,10-11H2,1H3,(H,21,22)/t12-,17-/m1/s1. The Hall–Kier alpha value is -2.24. The van der Waals surface area contributed by atoms with Gasteiger partial charge in [0.2, 0.25) is 0 Å². The fourth-order valence-corrected chi connectivity index (χ4v) is 2.58. The summed E-state index contributed by atoms with van der Waals surface area (Å²) in [7, 11) is 0. The van der Waals surface area contributed by atoms with Gasteiger partial charge in [0.25, 0.3) is 5.91 Å². The highest BCUT2D eigenvalue weighted by Crippen LogP contribution is 2.22. The molecule has 2 atom stereocenters. The van der Waals surface area contributed by atoms with E-state index < -0.39 is 0 Å². The first-order chi connectivity index (χ1) is 11.1. The van der Waals surface area contributed by atoms with Gasteiger partial charge < -0.3 is 15.4 Å². The molecule has 0 unspecified atom stereocenters. The highest BCUT2D eigenvalue weighted by atomic mass is 19.1. The van der Waals surface area contributed by atoms with Gasteiger partial charge in [-0.3, -0.25) is 4.79 Å². The Morgan fingerprint density at radius 1 is 1.13 bits per heavy atom. The minimum absolute atomic E-state index is 0.00737. The van der Waals surface area contributed by atoms with Crippen LogP contribution in [0.1, 0.15) is 28.9 Å². The van der Waals surface area contributed by atoms with Gasteiger partial charge in [0.1, 0.15) is 5.82 Å². The lowest BCUT2D eigenvalue weighted by atomic mass is 10.0. The first-order valence-corrected chi connectivity index (χ1v) is 7.65. The van der Waals surface area contributed by atoms with Gasteiger partial charge in [-0.15, -0.1) is 0 Å². The molecule has 1 saturated heterocycles. The predicted octanol–water partition coefficient (Wildman–Crippen LogP) is 3.13. The van der Waals surface area contributed by atoms with Crippen LogP contribution in [0.5, 0.6) is 0 Å². The number of halogens is 1. The van der Waals surface area contributed by atoms with Crippen LogP contribution in [0.15, 0.2) is 48.5 Å². The quantitative estimate of drug-likeness (QED) is 0.915. The Morgan fingerprint density at radius 3 is 2.48 bits per heavy atom. The van der Waals surface area contributed by atoms with E-state index in [1.54, 1.807) is 12.1 Å². The van der Waals surface area contributed by atoms with E-state index in [1.165, 1.54) is 24.3 Å². The molecule has 1 fully saturated rings. The second-order valence-corrected chi connectivity index (χ2v) is 5.68. The predicted molar refractivity (Wildman–Crippen MR) is 87.0 cm³/mol. The van der Waals surface area contributed by atoms with E-state index in [4.69, 9.17) is 4.74 Å². The number of carbonyl (C=O) groups excluding carboxylic acids is 1. The van der Waals surface area contributed by atoms with E-state index in [2.05, 4.69) is 10.6 Å². The van der Waals surface area contributed by atoms with Gasteiger partial charge in [0.15, 0.2) is 0 Å². The maximum Gasteiger partial charge on any atom is 0.255 e. The van der Waals surface area contributed by atoms with Crippen LogP contribution >= 0.6 is 0 Å². The van der Waals surface area contributed by atoms with Crippen LogP contribution in [-0.4, -0.2) is 25.1 Å². The summed E-state index contributed by atoms with van der Waals surface area (Å²) in [4.78, 5) is 12.2. The van der Waals surface area contributed by atoms with Gasteiger partial charge in [-0.1, -0.05) is 12.1 Å². The van der Waals surface area contributed by atoms with Gasteiger partial charge in [-0.25, -0.2) is 4.39 Å². The number of rotatable bonds is 3. The number of benzene rings is 2. The van der Waals surface area contributed by atoms with Crippen LogP contribution in [-0.2, 0) is 4.74 Å². The molecule has 0 aromatic heterocycles. The Kier molecular flexibility index (Phi) is 4.69. The second-order valence-electron chi connectivity index (χ2n) is 5.68. The third-order valence-corrected chi connectivity index (χ3v) is 3.80. The van der Waals surface area contributed by atoms with Crippen molar-refractivity contribution in [3.8, 4) is 0 Å². The molecule has 23 heavy (non-hydrogen) atoms. The molecule has 1 aliphatic heterocycles. The summed E-state index contributed by atoms with van der Waals surface area (Å²) in [5.74, 6) is -0.554. The number of hydrogen-bond acceptors (Lipinski definition) is 3. The summed E-state index contributed by atoms with van der Waals surface area (Å²) in [6, 6.07) is 13.1. The van der Waals surface area contributed by atoms with Gasteiger partial charge in [-0.2, -0.15) is 0 Å². The lowest BCUT2D eigenvalue weighted by Gasteiger charge is -2.29. The van der Waals surface area contributed by atoms with E-state index in [-0.39, 0.29) is 23.9 Å². The third kappa shape index (κ3) is 3.94. The van der Waals surface area contributed by atoms with Gasteiger partial charge in [0.05, 0.1) is 12.2 Å². The maximum atomic E-state index is 12.9. The van der Waals surface area contributed by atoms with Crippen molar-refractivity contribution in [3.63, 3.8) is 0 Å². The second kappa shape index (κ2) is 6.89. The van der Waals surface area contributed by atoms with Gasteiger partial charge >= 0.3 is 0 Å². The maximum absolute atomic E-state index is 12.9. The fourth-order valence-electron chi connectivity index (χ4n) is 2.58. The molecule has 4 nitrogen and oxygen atoms in total. The van der Waals surface area contributed by atoms with Crippen molar-refractivity contribution in [2.45, 2.75) is 19.1 Å². The Balaban J connectivity index is 1.66. The molecule has 0 spiro atoms.